The standard InChI is InChI=1S/C10H9BrClN3/c11-8-3-7(6-1-2-6)5-15-10(8)13-9(4-12)14-15/h3,5-6H,1-2,4H2. The molecule has 1 fully saturated rings. The van der Waals surface area contributed by atoms with Crippen LogP contribution in [0.5, 0.6) is 0 Å². The van der Waals surface area contributed by atoms with Gasteiger partial charge in [-0.25, -0.2) is 9.50 Å². The minimum absolute atomic E-state index is 0.354. The van der Waals surface area contributed by atoms with Crippen LogP contribution in [0.4, 0.5) is 0 Å². The number of hydrogen-bond acceptors (Lipinski definition) is 2. The fourth-order valence-corrected chi connectivity index (χ4v) is 2.35. The van der Waals surface area contributed by atoms with E-state index in [1.807, 2.05) is 4.52 Å². The summed E-state index contributed by atoms with van der Waals surface area (Å²) in [5, 5.41) is 4.31. The zero-order valence-electron chi connectivity index (χ0n) is 7.95. The molecule has 0 aromatic carbocycles. The third-order valence-corrected chi connectivity index (χ3v) is 3.44. The van der Waals surface area contributed by atoms with Crippen molar-refractivity contribution in [3.8, 4) is 0 Å². The van der Waals surface area contributed by atoms with E-state index in [9.17, 15) is 0 Å². The molecule has 0 atom stereocenters. The molecule has 0 radical (unpaired) electrons. The Morgan fingerprint density at radius 2 is 2.33 bits per heavy atom. The summed E-state index contributed by atoms with van der Waals surface area (Å²) >= 11 is 9.23. The Morgan fingerprint density at radius 1 is 1.53 bits per heavy atom. The van der Waals surface area contributed by atoms with Crippen molar-refractivity contribution in [2.24, 2.45) is 0 Å². The maximum atomic E-state index is 5.71. The van der Waals surface area contributed by atoms with E-state index in [-0.39, 0.29) is 0 Å². The molecule has 2 aromatic heterocycles. The minimum Gasteiger partial charge on any atom is -0.219 e. The van der Waals surface area contributed by atoms with E-state index in [2.05, 4.69) is 38.3 Å². The third kappa shape index (κ3) is 1.66. The van der Waals surface area contributed by atoms with Gasteiger partial charge in [-0.2, -0.15) is 0 Å². The normalized spacial score (nSPS) is 16.1. The molecule has 1 saturated carbocycles. The van der Waals surface area contributed by atoms with Crippen LogP contribution >= 0.6 is 27.5 Å². The molecule has 0 aliphatic heterocycles. The van der Waals surface area contributed by atoms with Crippen molar-refractivity contribution in [3.63, 3.8) is 0 Å². The van der Waals surface area contributed by atoms with Crippen LogP contribution in [-0.2, 0) is 5.88 Å². The molecule has 1 aliphatic rings. The van der Waals surface area contributed by atoms with Crippen LogP contribution in [0.3, 0.4) is 0 Å². The molecule has 0 bridgehead atoms. The summed E-state index contributed by atoms with van der Waals surface area (Å²) in [5.41, 5.74) is 2.18. The zero-order chi connectivity index (χ0) is 10.4. The summed E-state index contributed by atoms with van der Waals surface area (Å²) < 4.78 is 2.81. The predicted molar refractivity (Wildman–Crippen MR) is 62.2 cm³/mol. The molecular formula is C10H9BrClN3. The molecule has 0 amide bonds. The Balaban J connectivity index is 2.20. The van der Waals surface area contributed by atoms with E-state index in [1.165, 1.54) is 18.4 Å². The molecule has 1 aliphatic carbocycles. The first-order chi connectivity index (χ1) is 7.28. The highest BCUT2D eigenvalue weighted by atomic mass is 79.9. The molecule has 3 rings (SSSR count). The smallest absolute Gasteiger partial charge is 0.169 e. The molecular weight excluding hydrogens is 277 g/mol. The largest absolute Gasteiger partial charge is 0.219 e. The zero-order valence-corrected chi connectivity index (χ0v) is 10.3. The summed E-state index contributed by atoms with van der Waals surface area (Å²) in [6.45, 7) is 0. The number of hydrogen-bond donors (Lipinski definition) is 0. The number of halogens is 2. The van der Waals surface area contributed by atoms with Crippen LogP contribution in [-0.4, -0.2) is 14.6 Å². The van der Waals surface area contributed by atoms with Gasteiger partial charge in [0.05, 0.1) is 10.4 Å². The SMILES string of the molecule is ClCc1nc2c(Br)cc(C3CC3)cn2n1. The Morgan fingerprint density at radius 3 is 3.00 bits per heavy atom. The van der Waals surface area contributed by atoms with Crippen molar-refractivity contribution in [3.05, 3.63) is 28.1 Å². The molecule has 0 unspecified atom stereocenters. The monoisotopic (exact) mass is 285 g/mol. The van der Waals surface area contributed by atoms with Gasteiger partial charge in [0.1, 0.15) is 0 Å². The Bertz CT molecular complexity index is 519. The van der Waals surface area contributed by atoms with E-state index in [4.69, 9.17) is 11.6 Å². The summed E-state index contributed by atoms with van der Waals surface area (Å²) in [7, 11) is 0. The minimum atomic E-state index is 0.354. The number of aromatic nitrogens is 3. The van der Waals surface area contributed by atoms with Crippen molar-refractivity contribution >= 4 is 33.2 Å². The second kappa shape index (κ2) is 3.46. The summed E-state index contributed by atoms with van der Waals surface area (Å²) in [5.74, 6) is 1.74. The average molecular weight is 287 g/mol. The highest BCUT2D eigenvalue weighted by Gasteiger charge is 2.24. The van der Waals surface area contributed by atoms with Gasteiger partial charge in [-0.15, -0.1) is 16.7 Å². The first-order valence-electron chi connectivity index (χ1n) is 4.88. The maximum absolute atomic E-state index is 5.71. The fourth-order valence-electron chi connectivity index (χ4n) is 1.71. The van der Waals surface area contributed by atoms with Gasteiger partial charge in [0, 0.05) is 6.20 Å². The number of fused-ring (bicyclic) bond motifs is 1. The topological polar surface area (TPSA) is 30.2 Å². The van der Waals surface area contributed by atoms with Gasteiger partial charge in [-0.1, -0.05) is 0 Å². The third-order valence-electron chi connectivity index (χ3n) is 2.62. The summed E-state index contributed by atoms with van der Waals surface area (Å²) in [6, 6.07) is 2.14. The van der Waals surface area contributed by atoms with Crippen molar-refractivity contribution in [2.75, 3.05) is 0 Å². The van der Waals surface area contributed by atoms with Crippen LogP contribution in [0, 0.1) is 0 Å². The van der Waals surface area contributed by atoms with E-state index in [1.54, 1.807) is 0 Å². The summed E-state index contributed by atoms with van der Waals surface area (Å²) in [6.07, 6.45) is 4.63. The lowest BCUT2D eigenvalue weighted by molar-refractivity contribution is 0.902. The first-order valence-corrected chi connectivity index (χ1v) is 6.21. The maximum Gasteiger partial charge on any atom is 0.169 e. The molecule has 0 saturated heterocycles. The second-order valence-corrected chi connectivity index (χ2v) is 4.95. The van der Waals surface area contributed by atoms with Gasteiger partial charge in [0.2, 0.25) is 0 Å². The van der Waals surface area contributed by atoms with Gasteiger partial charge in [-0.05, 0) is 46.3 Å². The van der Waals surface area contributed by atoms with Crippen LogP contribution < -0.4 is 0 Å². The quantitative estimate of drug-likeness (QED) is 0.794. The second-order valence-electron chi connectivity index (χ2n) is 3.83. The average Bonchev–Trinajstić information content (AvgIpc) is 2.98. The number of nitrogens with zero attached hydrogens (tertiary/aromatic N) is 3. The van der Waals surface area contributed by atoms with Crippen LogP contribution in [0.1, 0.15) is 30.1 Å². The van der Waals surface area contributed by atoms with Gasteiger partial charge in [-0.3, -0.25) is 0 Å². The molecule has 78 valence electrons. The molecule has 0 spiro atoms. The first kappa shape index (κ1) is 9.60. The molecule has 0 N–H and O–H groups in total. The lowest BCUT2D eigenvalue weighted by Crippen LogP contribution is -1.92. The van der Waals surface area contributed by atoms with E-state index < -0.39 is 0 Å². The fraction of sp³-hybridized carbons (Fsp3) is 0.400. The number of rotatable bonds is 2. The van der Waals surface area contributed by atoms with Gasteiger partial charge in [0.15, 0.2) is 11.5 Å². The number of alkyl halides is 1. The predicted octanol–water partition coefficient (Wildman–Crippen LogP) is 3.11. The van der Waals surface area contributed by atoms with Crippen molar-refractivity contribution < 1.29 is 0 Å². The van der Waals surface area contributed by atoms with Crippen molar-refractivity contribution in [1.82, 2.24) is 14.6 Å². The van der Waals surface area contributed by atoms with E-state index in [0.29, 0.717) is 17.6 Å². The van der Waals surface area contributed by atoms with Crippen molar-refractivity contribution in [2.45, 2.75) is 24.6 Å². The van der Waals surface area contributed by atoms with Crippen LogP contribution in [0.15, 0.2) is 16.7 Å². The van der Waals surface area contributed by atoms with Crippen LogP contribution in [0.25, 0.3) is 5.65 Å². The highest BCUT2D eigenvalue weighted by molar-refractivity contribution is 9.10. The van der Waals surface area contributed by atoms with Crippen LogP contribution in [0.2, 0.25) is 0 Å². The Hall–Kier alpha value is -0.610. The molecule has 15 heavy (non-hydrogen) atoms. The van der Waals surface area contributed by atoms with Crippen molar-refractivity contribution in [1.29, 1.82) is 0 Å². The Kier molecular flexibility index (Phi) is 2.21. The Labute approximate surface area is 101 Å². The molecule has 2 heterocycles. The van der Waals surface area contributed by atoms with E-state index >= 15 is 0 Å². The van der Waals surface area contributed by atoms with E-state index in [0.717, 1.165) is 10.1 Å². The van der Waals surface area contributed by atoms with Gasteiger partial charge in [0.25, 0.3) is 0 Å². The number of pyridine rings is 1. The summed E-state index contributed by atoms with van der Waals surface area (Å²) in [4.78, 5) is 4.32. The van der Waals surface area contributed by atoms with Gasteiger partial charge >= 0.3 is 0 Å². The molecule has 5 heteroatoms. The lowest BCUT2D eigenvalue weighted by atomic mass is 10.2. The highest BCUT2D eigenvalue weighted by Crippen LogP contribution is 2.41. The lowest BCUT2D eigenvalue weighted by Gasteiger charge is -2.00. The molecule has 3 nitrogen and oxygen atoms in total. The van der Waals surface area contributed by atoms with Gasteiger partial charge < -0.3 is 0 Å². The molecule has 2 aromatic rings.